The van der Waals surface area contributed by atoms with Crippen LogP contribution in [-0.2, 0) is 6.42 Å². The second kappa shape index (κ2) is 6.11. The number of carbonyl (C=O) groups excluding carboxylic acids is 1. The molecule has 0 unspecified atom stereocenters. The highest BCUT2D eigenvalue weighted by atomic mass is 79.9. The van der Waals surface area contributed by atoms with E-state index >= 15 is 0 Å². The number of carbonyl (C=O) groups is 1. The number of nitrogens with zero attached hydrogens (tertiary/aromatic N) is 1. The van der Waals surface area contributed by atoms with Crippen molar-refractivity contribution in [2.24, 2.45) is 0 Å². The summed E-state index contributed by atoms with van der Waals surface area (Å²) >= 11 is 5.03. The third-order valence-electron chi connectivity index (χ3n) is 2.44. The minimum atomic E-state index is -0.0521. The van der Waals surface area contributed by atoms with Gasteiger partial charge in [0.05, 0.1) is 10.6 Å². The predicted octanol–water partition coefficient (Wildman–Crippen LogP) is 3.19. The highest BCUT2D eigenvalue weighted by Crippen LogP contribution is 2.15. The molecule has 1 N–H and O–H groups in total. The summed E-state index contributed by atoms with van der Waals surface area (Å²) in [6.07, 6.45) is 2.69. The maximum absolute atomic E-state index is 11.9. The number of amides is 1. The SMILES string of the molecule is Cc1ncc(CCNC(=O)c2ccccc2Br)s1. The van der Waals surface area contributed by atoms with E-state index in [1.165, 1.54) is 4.88 Å². The Balaban J connectivity index is 1.87. The van der Waals surface area contributed by atoms with Crippen LogP contribution < -0.4 is 5.32 Å². The van der Waals surface area contributed by atoms with E-state index in [0.29, 0.717) is 12.1 Å². The first-order valence-electron chi connectivity index (χ1n) is 5.61. The van der Waals surface area contributed by atoms with Gasteiger partial charge in [-0.25, -0.2) is 4.98 Å². The van der Waals surface area contributed by atoms with Gasteiger partial charge in [-0.3, -0.25) is 4.79 Å². The fraction of sp³-hybridized carbons (Fsp3) is 0.231. The molecule has 94 valence electrons. The number of aryl methyl sites for hydroxylation is 1. The van der Waals surface area contributed by atoms with Crippen LogP contribution in [0.2, 0.25) is 0 Å². The molecular formula is C13H13BrN2OS. The molecule has 1 heterocycles. The van der Waals surface area contributed by atoms with E-state index in [1.54, 1.807) is 17.4 Å². The molecule has 0 spiro atoms. The average molecular weight is 325 g/mol. The van der Waals surface area contributed by atoms with E-state index in [1.807, 2.05) is 31.3 Å². The highest BCUT2D eigenvalue weighted by Gasteiger charge is 2.08. The summed E-state index contributed by atoms with van der Waals surface area (Å²) in [5, 5.41) is 3.97. The highest BCUT2D eigenvalue weighted by molar-refractivity contribution is 9.10. The zero-order chi connectivity index (χ0) is 13.0. The first-order valence-corrected chi connectivity index (χ1v) is 7.22. The summed E-state index contributed by atoms with van der Waals surface area (Å²) in [4.78, 5) is 17.3. The van der Waals surface area contributed by atoms with Gasteiger partial charge in [-0.1, -0.05) is 12.1 Å². The van der Waals surface area contributed by atoms with Gasteiger partial charge in [0.15, 0.2) is 0 Å². The summed E-state index contributed by atoms with van der Waals surface area (Å²) < 4.78 is 0.816. The fourth-order valence-electron chi connectivity index (χ4n) is 1.56. The molecule has 1 aromatic carbocycles. The molecule has 0 radical (unpaired) electrons. The number of rotatable bonds is 4. The minimum absolute atomic E-state index is 0.0521. The molecule has 0 fully saturated rings. The van der Waals surface area contributed by atoms with Crippen LogP contribution in [0.3, 0.4) is 0 Å². The van der Waals surface area contributed by atoms with Crippen LogP contribution in [0.15, 0.2) is 34.9 Å². The summed E-state index contributed by atoms with van der Waals surface area (Å²) in [7, 11) is 0. The summed E-state index contributed by atoms with van der Waals surface area (Å²) in [5.41, 5.74) is 0.665. The molecule has 0 aliphatic heterocycles. The van der Waals surface area contributed by atoms with Crippen LogP contribution in [0.4, 0.5) is 0 Å². The fourth-order valence-corrected chi connectivity index (χ4v) is 2.82. The maximum Gasteiger partial charge on any atom is 0.252 e. The Bertz CT molecular complexity index is 553. The van der Waals surface area contributed by atoms with Crippen molar-refractivity contribution in [3.05, 3.63) is 50.4 Å². The average Bonchev–Trinajstić information content (AvgIpc) is 2.75. The Morgan fingerprint density at radius 3 is 2.89 bits per heavy atom. The van der Waals surface area contributed by atoms with Crippen molar-refractivity contribution in [2.75, 3.05) is 6.54 Å². The third-order valence-corrected chi connectivity index (χ3v) is 4.11. The van der Waals surface area contributed by atoms with Gasteiger partial charge in [0.1, 0.15) is 0 Å². The van der Waals surface area contributed by atoms with Gasteiger partial charge < -0.3 is 5.32 Å². The number of thiazole rings is 1. The molecule has 5 heteroatoms. The van der Waals surface area contributed by atoms with Crippen LogP contribution in [0.5, 0.6) is 0 Å². The third kappa shape index (κ3) is 3.40. The number of hydrogen-bond acceptors (Lipinski definition) is 3. The normalized spacial score (nSPS) is 10.3. The van der Waals surface area contributed by atoms with Crippen molar-refractivity contribution in [1.82, 2.24) is 10.3 Å². The van der Waals surface area contributed by atoms with E-state index in [2.05, 4.69) is 26.2 Å². The minimum Gasteiger partial charge on any atom is -0.352 e. The lowest BCUT2D eigenvalue weighted by Gasteiger charge is -2.05. The molecule has 0 bridgehead atoms. The lowest BCUT2D eigenvalue weighted by atomic mass is 10.2. The molecule has 0 saturated heterocycles. The van der Waals surface area contributed by atoms with E-state index in [-0.39, 0.29) is 5.91 Å². The van der Waals surface area contributed by atoms with Crippen molar-refractivity contribution in [2.45, 2.75) is 13.3 Å². The van der Waals surface area contributed by atoms with Gasteiger partial charge in [0, 0.05) is 28.5 Å². The summed E-state index contributed by atoms with van der Waals surface area (Å²) in [6.45, 7) is 2.61. The number of aromatic nitrogens is 1. The lowest BCUT2D eigenvalue weighted by molar-refractivity contribution is 0.0953. The summed E-state index contributed by atoms with van der Waals surface area (Å²) in [5.74, 6) is -0.0521. The molecule has 0 aliphatic carbocycles. The zero-order valence-electron chi connectivity index (χ0n) is 9.94. The second-order valence-corrected chi connectivity index (χ2v) is 6.00. The standard InChI is InChI=1S/C13H13BrN2OS/c1-9-16-8-10(18-9)6-7-15-13(17)11-4-2-3-5-12(11)14/h2-5,8H,6-7H2,1H3,(H,15,17). The molecule has 0 aliphatic rings. The van der Waals surface area contributed by atoms with Crippen LogP contribution in [0.1, 0.15) is 20.2 Å². The molecule has 2 aromatic rings. The first kappa shape index (κ1) is 13.2. The van der Waals surface area contributed by atoms with E-state index < -0.39 is 0 Å². The molecule has 18 heavy (non-hydrogen) atoms. The van der Waals surface area contributed by atoms with Crippen LogP contribution in [0.25, 0.3) is 0 Å². The maximum atomic E-state index is 11.9. The van der Waals surface area contributed by atoms with Gasteiger partial charge in [-0.2, -0.15) is 0 Å². The molecule has 0 saturated carbocycles. The van der Waals surface area contributed by atoms with E-state index in [0.717, 1.165) is 15.9 Å². The predicted molar refractivity (Wildman–Crippen MR) is 77.0 cm³/mol. The van der Waals surface area contributed by atoms with Crippen molar-refractivity contribution >= 4 is 33.2 Å². The monoisotopic (exact) mass is 324 g/mol. The Morgan fingerprint density at radius 2 is 2.22 bits per heavy atom. The van der Waals surface area contributed by atoms with Gasteiger partial charge in [0.2, 0.25) is 0 Å². The zero-order valence-corrected chi connectivity index (χ0v) is 12.3. The van der Waals surface area contributed by atoms with Gasteiger partial charge >= 0.3 is 0 Å². The quantitative estimate of drug-likeness (QED) is 0.938. The molecule has 1 amide bonds. The molecule has 1 aromatic heterocycles. The number of nitrogens with one attached hydrogen (secondary N) is 1. The summed E-state index contributed by atoms with van der Waals surface area (Å²) in [6, 6.07) is 7.41. The number of halogens is 1. The van der Waals surface area contributed by atoms with E-state index in [4.69, 9.17) is 0 Å². The molecule has 0 atom stereocenters. The molecular weight excluding hydrogens is 312 g/mol. The topological polar surface area (TPSA) is 42.0 Å². The Hall–Kier alpha value is -1.20. The smallest absolute Gasteiger partial charge is 0.252 e. The van der Waals surface area contributed by atoms with Gasteiger partial charge in [-0.15, -0.1) is 11.3 Å². The van der Waals surface area contributed by atoms with Crippen molar-refractivity contribution in [3.63, 3.8) is 0 Å². The largest absolute Gasteiger partial charge is 0.352 e. The van der Waals surface area contributed by atoms with Crippen LogP contribution >= 0.6 is 27.3 Å². The Kier molecular flexibility index (Phi) is 4.49. The van der Waals surface area contributed by atoms with Crippen molar-refractivity contribution in [3.8, 4) is 0 Å². The first-order chi connectivity index (χ1) is 8.66. The Morgan fingerprint density at radius 1 is 1.44 bits per heavy atom. The van der Waals surface area contributed by atoms with Crippen LogP contribution in [-0.4, -0.2) is 17.4 Å². The van der Waals surface area contributed by atoms with Crippen molar-refractivity contribution < 1.29 is 4.79 Å². The van der Waals surface area contributed by atoms with Gasteiger partial charge in [-0.05, 0) is 35.0 Å². The number of hydrogen-bond donors (Lipinski definition) is 1. The van der Waals surface area contributed by atoms with E-state index in [9.17, 15) is 4.79 Å². The Labute approximate surface area is 118 Å². The molecule has 3 nitrogen and oxygen atoms in total. The van der Waals surface area contributed by atoms with Crippen molar-refractivity contribution in [1.29, 1.82) is 0 Å². The second-order valence-electron chi connectivity index (χ2n) is 3.83. The van der Waals surface area contributed by atoms with Gasteiger partial charge in [0.25, 0.3) is 5.91 Å². The molecule has 2 rings (SSSR count). The van der Waals surface area contributed by atoms with Crippen LogP contribution in [0, 0.1) is 6.92 Å². The lowest BCUT2D eigenvalue weighted by Crippen LogP contribution is -2.25. The number of benzene rings is 1.